The molecule has 0 aromatic heterocycles. The fourth-order valence-electron chi connectivity index (χ4n) is 1.60. The van der Waals surface area contributed by atoms with E-state index < -0.39 is 17.9 Å². The first-order chi connectivity index (χ1) is 8.92. The second kappa shape index (κ2) is 9.36. The van der Waals surface area contributed by atoms with Crippen molar-refractivity contribution < 1.29 is 19.4 Å². The van der Waals surface area contributed by atoms with E-state index in [2.05, 4.69) is 24.7 Å². The SMILES string of the molecule is CC/C(C)=C\C/C=C/C(C)C(CC(=O)OC)C(=O)O. The fourth-order valence-corrected chi connectivity index (χ4v) is 1.60. The van der Waals surface area contributed by atoms with Crippen molar-refractivity contribution in [3.05, 3.63) is 23.8 Å². The van der Waals surface area contributed by atoms with Crippen LogP contribution in [0.4, 0.5) is 0 Å². The highest BCUT2D eigenvalue weighted by molar-refractivity contribution is 5.79. The van der Waals surface area contributed by atoms with Gasteiger partial charge in [0.05, 0.1) is 19.4 Å². The van der Waals surface area contributed by atoms with Crippen molar-refractivity contribution in [3.63, 3.8) is 0 Å². The van der Waals surface area contributed by atoms with Gasteiger partial charge in [-0.1, -0.05) is 37.6 Å². The Morgan fingerprint density at radius 1 is 1.37 bits per heavy atom. The lowest BCUT2D eigenvalue weighted by Crippen LogP contribution is -2.24. The third kappa shape index (κ3) is 7.44. The van der Waals surface area contributed by atoms with Gasteiger partial charge in [0.25, 0.3) is 0 Å². The van der Waals surface area contributed by atoms with Crippen molar-refractivity contribution in [1.82, 2.24) is 0 Å². The maximum atomic E-state index is 11.2. The Kier molecular flexibility index (Phi) is 8.58. The molecule has 2 unspecified atom stereocenters. The first kappa shape index (κ1) is 17.4. The summed E-state index contributed by atoms with van der Waals surface area (Å²) in [5, 5.41) is 9.12. The second-order valence-corrected chi connectivity index (χ2v) is 4.65. The lowest BCUT2D eigenvalue weighted by atomic mass is 9.90. The maximum Gasteiger partial charge on any atom is 0.307 e. The van der Waals surface area contributed by atoms with Crippen molar-refractivity contribution in [3.8, 4) is 0 Å². The highest BCUT2D eigenvalue weighted by atomic mass is 16.5. The monoisotopic (exact) mass is 268 g/mol. The highest BCUT2D eigenvalue weighted by Gasteiger charge is 2.26. The van der Waals surface area contributed by atoms with Crippen molar-refractivity contribution in [2.75, 3.05) is 7.11 Å². The van der Waals surface area contributed by atoms with Gasteiger partial charge in [0.2, 0.25) is 0 Å². The topological polar surface area (TPSA) is 63.6 Å². The van der Waals surface area contributed by atoms with Crippen LogP contribution in [0.15, 0.2) is 23.8 Å². The minimum absolute atomic E-state index is 0.0961. The highest BCUT2D eigenvalue weighted by Crippen LogP contribution is 2.18. The van der Waals surface area contributed by atoms with E-state index in [4.69, 9.17) is 5.11 Å². The van der Waals surface area contributed by atoms with Gasteiger partial charge in [-0.2, -0.15) is 0 Å². The van der Waals surface area contributed by atoms with E-state index in [-0.39, 0.29) is 12.3 Å². The molecular formula is C15H24O4. The zero-order valence-electron chi connectivity index (χ0n) is 12.2. The van der Waals surface area contributed by atoms with E-state index >= 15 is 0 Å². The number of esters is 1. The van der Waals surface area contributed by atoms with E-state index in [9.17, 15) is 9.59 Å². The molecule has 1 N–H and O–H groups in total. The third-order valence-electron chi connectivity index (χ3n) is 3.17. The molecule has 0 aliphatic heterocycles. The normalized spacial score (nSPS) is 15.3. The van der Waals surface area contributed by atoms with E-state index in [1.54, 1.807) is 6.92 Å². The van der Waals surface area contributed by atoms with Crippen LogP contribution in [0.3, 0.4) is 0 Å². The fraction of sp³-hybridized carbons (Fsp3) is 0.600. The molecule has 0 spiro atoms. The summed E-state index contributed by atoms with van der Waals surface area (Å²) in [4.78, 5) is 22.3. The van der Waals surface area contributed by atoms with E-state index in [1.165, 1.54) is 12.7 Å². The van der Waals surface area contributed by atoms with Crippen LogP contribution in [0.25, 0.3) is 0 Å². The summed E-state index contributed by atoms with van der Waals surface area (Å²) in [5.41, 5.74) is 1.31. The van der Waals surface area contributed by atoms with Gasteiger partial charge in [-0.25, -0.2) is 0 Å². The number of carboxylic acids is 1. The first-order valence-corrected chi connectivity index (χ1v) is 6.54. The van der Waals surface area contributed by atoms with Crippen molar-refractivity contribution >= 4 is 11.9 Å². The predicted molar refractivity (Wildman–Crippen MR) is 74.7 cm³/mol. The van der Waals surface area contributed by atoms with Crippen LogP contribution in [0.2, 0.25) is 0 Å². The molecule has 0 radical (unpaired) electrons. The summed E-state index contributed by atoms with van der Waals surface area (Å²) in [6.45, 7) is 5.96. The Labute approximate surface area is 115 Å². The number of ether oxygens (including phenoxy) is 1. The van der Waals surface area contributed by atoms with Gasteiger partial charge in [0.1, 0.15) is 0 Å². The van der Waals surface area contributed by atoms with Gasteiger partial charge in [0.15, 0.2) is 0 Å². The van der Waals surface area contributed by atoms with Gasteiger partial charge < -0.3 is 9.84 Å². The van der Waals surface area contributed by atoms with Gasteiger partial charge in [-0.05, 0) is 25.7 Å². The van der Waals surface area contributed by atoms with Gasteiger partial charge in [-0.3, -0.25) is 9.59 Å². The van der Waals surface area contributed by atoms with Crippen LogP contribution < -0.4 is 0 Å². The molecule has 108 valence electrons. The Hall–Kier alpha value is -1.58. The van der Waals surface area contributed by atoms with Crippen LogP contribution in [-0.2, 0) is 14.3 Å². The molecule has 0 saturated heterocycles. The zero-order chi connectivity index (χ0) is 14.8. The summed E-state index contributed by atoms with van der Waals surface area (Å²) in [6, 6.07) is 0. The molecule has 0 aromatic rings. The number of hydrogen-bond acceptors (Lipinski definition) is 3. The average molecular weight is 268 g/mol. The summed E-state index contributed by atoms with van der Waals surface area (Å²) in [6.07, 6.45) is 7.61. The van der Waals surface area contributed by atoms with Gasteiger partial charge in [-0.15, -0.1) is 0 Å². The van der Waals surface area contributed by atoms with Crippen molar-refractivity contribution in [2.45, 2.75) is 40.0 Å². The quantitative estimate of drug-likeness (QED) is 0.542. The molecule has 2 atom stereocenters. The largest absolute Gasteiger partial charge is 0.481 e. The Balaban J connectivity index is 4.48. The van der Waals surface area contributed by atoms with E-state index in [0.717, 1.165) is 12.8 Å². The molecule has 0 fully saturated rings. The molecule has 4 heteroatoms. The van der Waals surface area contributed by atoms with Crippen LogP contribution in [0.1, 0.15) is 40.0 Å². The Morgan fingerprint density at radius 2 is 2.00 bits per heavy atom. The lowest BCUT2D eigenvalue weighted by molar-refractivity contribution is -0.151. The number of rotatable bonds is 8. The third-order valence-corrected chi connectivity index (χ3v) is 3.17. The number of methoxy groups -OCH3 is 1. The number of carboxylic acid groups (broad SMARTS) is 1. The number of allylic oxidation sites excluding steroid dienone is 4. The molecule has 0 aliphatic rings. The van der Waals surface area contributed by atoms with E-state index in [0.29, 0.717) is 0 Å². The van der Waals surface area contributed by atoms with Gasteiger partial charge >= 0.3 is 11.9 Å². The smallest absolute Gasteiger partial charge is 0.307 e. The van der Waals surface area contributed by atoms with E-state index in [1.807, 2.05) is 12.2 Å². The molecule has 19 heavy (non-hydrogen) atoms. The predicted octanol–water partition coefficient (Wildman–Crippen LogP) is 3.19. The molecule has 0 heterocycles. The van der Waals surface area contributed by atoms with Crippen LogP contribution in [0.5, 0.6) is 0 Å². The molecule has 0 aliphatic carbocycles. The second-order valence-electron chi connectivity index (χ2n) is 4.65. The molecule has 4 nitrogen and oxygen atoms in total. The van der Waals surface area contributed by atoms with Crippen molar-refractivity contribution in [1.29, 1.82) is 0 Å². The minimum Gasteiger partial charge on any atom is -0.481 e. The van der Waals surface area contributed by atoms with Crippen LogP contribution >= 0.6 is 0 Å². The molecule has 0 rings (SSSR count). The van der Waals surface area contributed by atoms with Crippen LogP contribution in [0, 0.1) is 11.8 Å². The number of carbonyl (C=O) groups is 2. The standard InChI is InChI=1S/C15H24O4/c1-5-11(2)8-6-7-9-12(3)13(15(17)18)10-14(16)19-4/h7-9,12-13H,5-6,10H2,1-4H3,(H,17,18)/b9-7+,11-8-. The Morgan fingerprint density at radius 3 is 2.47 bits per heavy atom. The minimum atomic E-state index is -0.970. The summed E-state index contributed by atoms with van der Waals surface area (Å²) >= 11 is 0. The first-order valence-electron chi connectivity index (χ1n) is 6.54. The molecule has 0 aromatic carbocycles. The lowest BCUT2D eigenvalue weighted by Gasteiger charge is -2.15. The number of carbonyl (C=O) groups excluding carboxylic acids is 1. The number of hydrogen-bond donors (Lipinski definition) is 1. The zero-order valence-corrected chi connectivity index (χ0v) is 12.2. The molecule has 0 bridgehead atoms. The van der Waals surface area contributed by atoms with Gasteiger partial charge in [0, 0.05) is 0 Å². The van der Waals surface area contributed by atoms with Crippen molar-refractivity contribution in [2.24, 2.45) is 11.8 Å². The molecular weight excluding hydrogens is 244 g/mol. The molecule has 0 amide bonds. The summed E-state index contributed by atoms with van der Waals surface area (Å²) in [7, 11) is 1.26. The average Bonchev–Trinajstić information content (AvgIpc) is 2.39. The summed E-state index contributed by atoms with van der Waals surface area (Å²) < 4.78 is 4.52. The number of aliphatic carboxylic acids is 1. The van der Waals surface area contributed by atoms with Crippen LogP contribution in [-0.4, -0.2) is 24.2 Å². The maximum absolute atomic E-state index is 11.2. The molecule has 0 saturated carbocycles. The Bertz CT molecular complexity index is 355. The summed E-state index contributed by atoms with van der Waals surface area (Å²) in [5.74, 6) is -2.40.